The standard InChI is InChI=1S/C22H25Cl2N3O3/c23-17-6-7-18(19(24)15-17)21(28)26-20(14-16-4-2-1-3-5-16)22(29)25-8-9-27-10-12-30-13-11-27/h1-7,15,20H,8-14H2,(H,25,29)(H,26,28). The van der Waals surface area contributed by atoms with Gasteiger partial charge in [0.2, 0.25) is 5.91 Å². The van der Waals surface area contributed by atoms with Crippen LogP contribution in [0.3, 0.4) is 0 Å². The number of carbonyl (C=O) groups is 2. The van der Waals surface area contributed by atoms with Gasteiger partial charge in [0.05, 0.1) is 23.8 Å². The molecule has 0 aromatic heterocycles. The van der Waals surface area contributed by atoms with Gasteiger partial charge in [0.1, 0.15) is 6.04 Å². The number of amides is 2. The molecule has 8 heteroatoms. The van der Waals surface area contributed by atoms with E-state index in [1.54, 1.807) is 12.1 Å². The van der Waals surface area contributed by atoms with Crippen LogP contribution >= 0.6 is 23.2 Å². The SMILES string of the molecule is O=C(NC(Cc1ccccc1)C(=O)NCCN1CCOCC1)c1ccc(Cl)cc1Cl. The third-order valence-corrected chi connectivity index (χ3v) is 5.46. The highest BCUT2D eigenvalue weighted by Crippen LogP contribution is 2.21. The number of benzene rings is 2. The fraction of sp³-hybridized carbons (Fsp3) is 0.364. The van der Waals surface area contributed by atoms with Gasteiger partial charge in [-0.25, -0.2) is 0 Å². The van der Waals surface area contributed by atoms with Crippen molar-refractivity contribution < 1.29 is 14.3 Å². The van der Waals surface area contributed by atoms with E-state index < -0.39 is 11.9 Å². The number of morpholine rings is 1. The van der Waals surface area contributed by atoms with Crippen LogP contribution < -0.4 is 10.6 Å². The molecule has 160 valence electrons. The van der Waals surface area contributed by atoms with E-state index in [1.807, 2.05) is 30.3 Å². The zero-order valence-electron chi connectivity index (χ0n) is 16.6. The molecule has 0 bridgehead atoms. The lowest BCUT2D eigenvalue weighted by molar-refractivity contribution is -0.123. The Morgan fingerprint density at radius 2 is 1.80 bits per heavy atom. The first kappa shape index (κ1) is 22.6. The van der Waals surface area contributed by atoms with E-state index in [9.17, 15) is 9.59 Å². The molecule has 0 saturated carbocycles. The predicted octanol–water partition coefficient (Wildman–Crippen LogP) is 2.78. The molecule has 0 radical (unpaired) electrons. The Morgan fingerprint density at radius 3 is 2.50 bits per heavy atom. The van der Waals surface area contributed by atoms with Crippen LogP contribution in [0.4, 0.5) is 0 Å². The minimum atomic E-state index is -0.726. The first-order valence-corrected chi connectivity index (χ1v) is 10.7. The number of nitrogens with one attached hydrogen (secondary N) is 2. The fourth-order valence-electron chi connectivity index (χ4n) is 3.25. The van der Waals surface area contributed by atoms with Gasteiger partial charge in [0.25, 0.3) is 5.91 Å². The molecule has 3 rings (SSSR count). The Bertz CT molecular complexity index is 858. The molecule has 2 aromatic rings. The Kier molecular flexibility index (Phi) is 8.51. The molecule has 1 heterocycles. The van der Waals surface area contributed by atoms with Crippen molar-refractivity contribution in [2.24, 2.45) is 0 Å². The van der Waals surface area contributed by atoms with Gasteiger partial charge in [-0.05, 0) is 23.8 Å². The number of nitrogens with zero attached hydrogens (tertiary/aromatic N) is 1. The Hall–Kier alpha value is -2.12. The number of carbonyl (C=O) groups excluding carboxylic acids is 2. The van der Waals surface area contributed by atoms with Crippen molar-refractivity contribution in [2.75, 3.05) is 39.4 Å². The monoisotopic (exact) mass is 449 g/mol. The van der Waals surface area contributed by atoms with E-state index in [4.69, 9.17) is 27.9 Å². The van der Waals surface area contributed by atoms with Gasteiger partial charge in [0, 0.05) is 37.6 Å². The molecule has 1 atom stereocenters. The third kappa shape index (κ3) is 6.71. The Morgan fingerprint density at radius 1 is 1.07 bits per heavy atom. The molecule has 0 aliphatic carbocycles. The molecule has 1 unspecified atom stereocenters. The summed E-state index contributed by atoms with van der Waals surface area (Å²) in [7, 11) is 0. The molecule has 2 amide bonds. The number of halogens is 2. The van der Waals surface area contributed by atoms with Gasteiger partial charge >= 0.3 is 0 Å². The van der Waals surface area contributed by atoms with Crippen LogP contribution in [0.1, 0.15) is 15.9 Å². The minimum Gasteiger partial charge on any atom is -0.379 e. The van der Waals surface area contributed by atoms with E-state index >= 15 is 0 Å². The van der Waals surface area contributed by atoms with E-state index in [1.165, 1.54) is 6.07 Å². The van der Waals surface area contributed by atoms with Gasteiger partial charge in [-0.1, -0.05) is 53.5 Å². The molecule has 1 aliphatic heterocycles. The van der Waals surface area contributed by atoms with E-state index in [-0.39, 0.29) is 16.5 Å². The lowest BCUT2D eigenvalue weighted by Gasteiger charge is -2.27. The van der Waals surface area contributed by atoms with Crippen molar-refractivity contribution >= 4 is 35.0 Å². The van der Waals surface area contributed by atoms with Crippen LogP contribution in [-0.4, -0.2) is 62.1 Å². The summed E-state index contributed by atoms with van der Waals surface area (Å²) < 4.78 is 5.34. The molecular weight excluding hydrogens is 425 g/mol. The highest BCUT2D eigenvalue weighted by Gasteiger charge is 2.23. The zero-order chi connectivity index (χ0) is 21.3. The predicted molar refractivity (Wildman–Crippen MR) is 118 cm³/mol. The lowest BCUT2D eigenvalue weighted by atomic mass is 10.0. The maximum atomic E-state index is 12.9. The quantitative estimate of drug-likeness (QED) is 0.649. The number of ether oxygens (including phenoxy) is 1. The third-order valence-electron chi connectivity index (χ3n) is 4.91. The van der Waals surface area contributed by atoms with Crippen LogP contribution in [0.25, 0.3) is 0 Å². The van der Waals surface area contributed by atoms with Crippen molar-refractivity contribution in [2.45, 2.75) is 12.5 Å². The summed E-state index contributed by atoms with van der Waals surface area (Å²) >= 11 is 12.1. The van der Waals surface area contributed by atoms with Gasteiger partial charge < -0.3 is 15.4 Å². The highest BCUT2D eigenvalue weighted by atomic mass is 35.5. The maximum absolute atomic E-state index is 12.9. The van der Waals surface area contributed by atoms with Crippen LogP contribution in [0.2, 0.25) is 10.0 Å². The molecule has 1 saturated heterocycles. The van der Waals surface area contributed by atoms with Gasteiger partial charge in [-0.2, -0.15) is 0 Å². The second-order valence-corrected chi connectivity index (χ2v) is 7.93. The van der Waals surface area contributed by atoms with Crippen molar-refractivity contribution in [3.63, 3.8) is 0 Å². The maximum Gasteiger partial charge on any atom is 0.253 e. The van der Waals surface area contributed by atoms with Crippen molar-refractivity contribution in [3.8, 4) is 0 Å². The lowest BCUT2D eigenvalue weighted by Crippen LogP contribution is -2.50. The van der Waals surface area contributed by atoms with Crippen LogP contribution in [-0.2, 0) is 16.0 Å². The second-order valence-electron chi connectivity index (χ2n) is 7.08. The number of rotatable bonds is 8. The molecule has 1 fully saturated rings. The van der Waals surface area contributed by atoms with Crippen molar-refractivity contribution in [3.05, 3.63) is 69.7 Å². The summed E-state index contributed by atoms with van der Waals surface area (Å²) in [6, 6.07) is 13.5. The smallest absolute Gasteiger partial charge is 0.253 e. The minimum absolute atomic E-state index is 0.231. The fourth-order valence-corrected chi connectivity index (χ4v) is 3.75. The summed E-state index contributed by atoms with van der Waals surface area (Å²) in [4.78, 5) is 27.9. The average Bonchev–Trinajstić information content (AvgIpc) is 2.74. The van der Waals surface area contributed by atoms with E-state index in [0.29, 0.717) is 31.2 Å². The molecule has 0 spiro atoms. The first-order chi connectivity index (χ1) is 14.5. The zero-order valence-corrected chi connectivity index (χ0v) is 18.1. The summed E-state index contributed by atoms with van der Waals surface area (Å²) in [6.45, 7) is 4.38. The Labute approximate surface area is 186 Å². The van der Waals surface area contributed by atoms with Crippen LogP contribution in [0, 0.1) is 0 Å². The van der Waals surface area contributed by atoms with Gasteiger partial charge in [0.15, 0.2) is 0 Å². The second kappa shape index (κ2) is 11.3. The topological polar surface area (TPSA) is 70.7 Å². The first-order valence-electron chi connectivity index (χ1n) is 9.90. The molecular formula is C22H25Cl2N3O3. The van der Waals surface area contributed by atoms with Crippen molar-refractivity contribution in [1.29, 1.82) is 0 Å². The normalized spacial score (nSPS) is 15.4. The highest BCUT2D eigenvalue weighted by molar-refractivity contribution is 6.36. The molecule has 2 aromatic carbocycles. The average molecular weight is 450 g/mol. The van der Waals surface area contributed by atoms with Crippen LogP contribution in [0.5, 0.6) is 0 Å². The Balaban J connectivity index is 1.64. The molecule has 6 nitrogen and oxygen atoms in total. The summed E-state index contributed by atoms with van der Waals surface area (Å²) in [5, 5.41) is 6.44. The van der Waals surface area contributed by atoms with Gasteiger partial charge in [-0.3, -0.25) is 14.5 Å². The van der Waals surface area contributed by atoms with E-state index in [0.717, 1.165) is 25.2 Å². The summed E-state index contributed by atoms with van der Waals surface area (Å²) in [5.41, 5.74) is 1.23. The van der Waals surface area contributed by atoms with Crippen molar-refractivity contribution in [1.82, 2.24) is 15.5 Å². The van der Waals surface area contributed by atoms with Crippen LogP contribution in [0.15, 0.2) is 48.5 Å². The largest absolute Gasteiger partial charge is 0.379 e. The number of hydrogen-bond donors (Lipinski definition) is 2. The molecule has 1 aliphatic rings. The van der Waals surface area contributed by atoms with E-state index in [2.05, 4.69) is 15.5 Å². The summed E-state index contributed by atoms with van der Waals surface area (Å²) in [5.74, 6) is -0.647. The molecule has 30 heavy (non-hydrogen) atoms. The summed E-state index contributed by atoms with van der Waals surface area (Å²) in [6.07, 6.45) is 0.376. The number of hydrogen-bond acceptors (Lipinski definition) is 4. The van der Waals surface area contributed by atoms with Gasteiger partial charge in [-0.15, -0.1) is 0 Å². The molecule has 2 N–H and O–H groups in total.